The number of ether oxygens (including phenoxy) is 1. The maximum atomic E-state index is 11.2. The molecule has 0 amide bonds. The quantitative estimate of drug-likeness (QED) is 0.535. The van der Waals surface area contributed by atoms with Gasteiger partial charge in [0, 0.05) is 21.8 Å². The smallest absolute Gasteiger partial charge is 0.310 e. The van der Waals surface area contributed by atoms with Crippen LogP contribution in [0, 0.1) is 0 Å². The third kappa shape index (κ3) is 2.69. The molecule has 0 radical (unpaired) electrons. The second-order valence-corrected chi connectivity index (χ2v) is 6.48. The molecule has 4 nitrogen and oxygen atoms in total. The third-order valence-corrected chi connectivity index (χ3v) is 4.92. The molecule has 1 heterocycles. The lowest BCUT2D eigenvalue weighted by Crippen LogP contribution is -2.06. The van der Waals surface area contributed by atoms with E-state index >= 15 is 0 Å². The zero-order chi connectivity index (χ0) is 18.3. The number of aliphatic carboxylic acids is 1. The number of carboxylic acids is 1. The first-order valence-electron chi connectivity index (χ1n) is 8.49. The zero-order valence-corrected chi connectivity index (χ0v) is 14.6. The Morgan fingerprint density at radius 1 is 0.923 bits per heavy atom. The molecular weight excluding hydrogens is 326 g/mol. The Morgan fingerprint density at radius 2 is 1.65 bits per heavy atom. The van der Waals surface area contributed by atoms with Crippen LogP contribution in [0.1, 0.15) is 18.4 Å². The maximum absolute atomic E-state index is 11.2. The number of carboxylic acid groups (broad SMARTS) is 1. The van der Waals surface area contributed by atoms with Crippen molar-refractivity contribution in [3.05, 3.63) is 66.2 Å². The van der Waals surface area contributed by atoms with Crippen LogP contribution in [0.15, 0.2) is 60.7 Å². The highest BCUT2D eigenvalue weighted by Gasteiger charge is 2.15. The molecule has 0 aliphatic rings. The van der Waals surface area contributed by atoms with Crippen LogP contribution in [0.2, 0.25) is 0 Å². The summed E-state index contributed by atoms with van der Waals surface area (Å²) >= 11 is 0. The van der Waals surface area contributed by atoms with Crippen molar-refractivity contribution in [1.29, 1.82) is 0 Å². The lowest BCUT2D eigenvalue weighted by atomic mass is 9.99. The second-order valence-electron chi connectivity index (χ2n) is 6.48. The van der Waals surface area contributed by atoms with Gasteiger partial charge in [-0.15, -0.1) is 0 Å². The summed E-state index contributed by atoms with van der Waals surface area (Å²) in [6.07, 6.45) is 0. The second kappa shape index (κ2) is 6.23. The van der Waals surface area contributed by atoms with Crippen molar-refractivity contribution in [1.82, 2.24) is 4.98 Å². The summed E-state index contributed by atoms with van der Waals surface area (Å²) in [5, 5.41) is 11.4. The lowest BCUT2D eigenvalue weighted by molar-refractivity contribution is -0.138. The largest absolute Gasteiger partial charge is 0.497 e. The van der Waals surface area contributed by atoms with Crippen molar-refractivity contribution in [2.75, 3.05) is 7.11 Å². The fourth-order valence-corrected chi connectivity index (χ4v) is 3.30. The number of rotatable bonds is 4. The first-order chi connectivity index (χ1) is 12.6. The lowest BCUT2D eigenvalue weighted by Gasteiger charge is -2.06. The molecule has 3 aromatic carbocycles. The van der Waals surface area contributed by atoms with E-state index in [-0.39, 0.29) is 0 Å². The molecule has 130 valence electrons. The van der Waals surface area contributed by atoms with Crippen LogP contribution in [0.25, 0.3) is 32.9 Å². The van der Waals surface area contributed by atoms with E-state index in [2.05, 4.69) is 23.2 Å². The van der Waals surface area contributed by atoms with Crippen LogP contribution in [-0.4, -0.2) is 23.2 Å². The van der Waals surface area contributed by atoms with Gasteiger partial charge >= 0.3 is 5.97 Å². The summed E-state index contributed by atoms with van der Waals surface area (Å²) in [4.78, 5) is 14.6. The molecule has 0 fully saturated rings. The van der Waals surface area contributed by atoms with E-state index < -0.39 is 11.9 Å². The first-order valence-corrected chi connectivity index (χ1v) is 8.49. The number of aromatic amines is 1. The van der Waals surface area contributed by atoms with E-state index in [0.717, 1.165) is 44.2 Å². The van der Waals surface area contributed by atoms with E-state index in [1.807, 2.05) is 42.5 Å². The van der Waals surface area contributed by atoms with E-state index in [1.54, 1.807) is 14.0 Å². The molecule has 0 bridgehead atoms. The number of aromatic nitrogens is 1. The van der Waals surface area contributed by atoms with E-state index in [1.165, 1.54) is 0 Å². The Labute approximate surface area is 151 Å². The van der Waals surface area contributed by atoms with Crippen LogP contribution >= 0.6 is 0 Å². The van der Waals surface area contributed by atoms with E-state index in [4.69, 9.17) is 4.74 Å². The summed E-state index contributed by atoms with van der Waals surface area (Å²) in [6, 6.07) is 20.1. The van der Waals surface area contributed by atoms with E-state index in [0.29, 0.717) is 0 Å². The summed E-state index contributed by atoms with van der Waals surface area (Å²) in [5.41, 5.74) is 5.05. The highest BCUT2D eigenvalue weighted by atomic mass is 16.5. The molecule has 1 unspecified atom stereocenters. The average molecular weight is 345 g/mol. The Hall–Kier alpha value is -3.27. The minimum absolute atomic E-state index is 0.527. The van der Waals surface area contributed by atoms with Gasteiger partial charge in [-0.3, -0.25) is 4.79 Å². The normalized spacial score (nSPS) is 12.4. The van der Waals surface area contributed by atoms with Gasteiger partial charge in [-0.05, 0) is 53.9 Å². The maximum Gasteiger partial charge on any atom is 0.310 e. The molecule has 26 heavy (non-hydrogen) atoms. The topological polar surface area (TPSA) is 62.3 Å². The molecule has 4 rings (SSSR count). The van der Waals surface area contributed by atoms with Crippen molar-refractivity contribution < 1.29 is 14.6 Å². The van der Waals surface area contributed by atoms with Crippen molar-refractivity contribution in [3.63, 3.8) is 0 Å². The number of H-pyrrole nitrogens is 1. The molecule has 4 heteroatoms. The van der Waals surface area contributed by atoms with Crippen LogP contribution in [0.4, 0.5) is 0 Å². The Balaban J connectivity index is 1.82. The number of hydrogen-bond donors (Lipinski definition) is 2. The molecule has 0 saturated heterocycles. The predicted molar refractivity (Wildman–Crippen MR) is 104 cm³/mol. The molecule has 0 saturated carbocycles. The number of nitrogens with one attached hydrogen (secondary N) is 1. The summed E-state index contributed by atoms with van der Waals surface area (Å²) in [7, 11) is 1.66. The minimum atomic E-state index is -0.817. The number of hydrogen-bond acceptors (Lipinski definition) is 2. The molecule has 0 aliphatic heterocycles. The van der Waals surface area contributed by atoms with Gasteiger partial charge in [-0.25, -0.2) is 0 Å². The molecule has 0 aliphatic carbocycles. The van der Waals surface area contributed by atoms with Crippen LogP contribution < -0.4 is 4.74 Å². The number of benzene rings is 3. The van der Waals surface area contributed by atoms with Crippen molar-refractivity contribution in [2.45, 2.75) is 12.8 Å². The van der Waals surface area contributed by atoms with Crippen molar-refractivity contribution in [3.8, 4) is 16.9 Å². The molecular formula is C22H19NO3. The number of carbonyl (C=O) groups is 1. The van der Waals surface area contributed by atoms with Gasteiger partial charge in [0.1, 0.15) is 5.75 Å². The molecule has 0 spiro atoms. The predicted octanol–water partition coefficient (Wildman–Crippen LogP) is 5.18. The number of fused-ring (bicyclic) bond motifs is 3. The molecule has 2 N–H and O–H groups in total. The van der Waals surface area contributed by atoms with Gasteiger partial charge in [0.25, 0.3) is 0 Å². The Bertz CT molecular complexity index is 1110. The Morgan fingerprint density at radius 3 is 2.35 bits per heavy atom. The molecule has 4 aromatic rings. The van der Waals surface area contributed by atoms with Gasteiger partial charge in [0.05, 0.1) is 13.0 Å². The SMILES string of the molecule is COc1ccc(-c2ccc3[nH]c4cc(C(C)C(=O)O)ccc4c3c2)cc1. The van der Waals surface area contributed by atoms with Crippen molar-refractivity contribution >= 4 is 27.8 Å². The van der Waals surface area contributed by atoms with Crippen LogP contribution in [0.5, 0.6) is 5.75 Å². The number of methoxy groups -OCH3 is 1. The monoisotopic (exact) mass is 345 g/mol. The standard InChI is InChI=1S/C22H19NO3/c1-13(22(24)25)15-5-9-18-19-11-16(6-10-20(19)23-21(18)12-15)14-3-7-17(26-2)8-4-14/h3-13,23H,1-2H3,(H,24,25). The zero-order valence-electron chi connectivity index (χ0n) is 14.6. The third-order valence-electron chi connectivity index (χ3n) is 4.92. The summed E-state index contributed by atoms with van der Waals surface area (Å²) in [6.45, 7) is 1.70. The summed E-state index contributed by atoms with van der Waals surface area (Å²) < 4.78 is 5.22. The fourth-order valence-electron chi connectivity index (χ4n) is 3.30. The fraction of sp³-hybridized carbons (Fsp3) is 0.136. The van der Waals surface area contributed by atoms with Gasteiger partial charge in [0.15, 0.2) is 0 Å². The van der Waals surface area contributed by atoms with Gasteiger partial charge in [0.2, 0.25) is 0 Å². The molecule has 1 aromatic heterocycles. The van der Waals surface area contributed by atoms with E-state index in [9.17, 15) is 9.90 Å². The van der Waals surface area contributed by atoms with Gasteiger partial charge < -0.3 is 14.8 Å². The average Bonchev–Trinajstić information content (AvgIpc) is 3.04. The van der Waals surface area contributed by atoms with Gasteiger partial charge in [-0.2, -0.15) is 0 Å². The summed E-state index contributed by atoms with van der Waals surface area (Å²) in [5.74, 6) is -0.509. The van der Waals surface area contributed by atoms with Crippen LogP contribution in [0.3, 0.4) is 0 Å². The minimum Gasteiger partial charge on any atom is -0.497 e. The molecule has 1 atom stereocenters. The van der Waals surface area contributed by atoms with Gasteiger partial charge in [-0.1, -0.05) is 30.3 Å². The highest BCUT2D eigenvalue weighted by molar-refractivity contribution is 6.08. The Kier molecular flexibility index (Phi) is 3.88. The van der Waals surface area contributed by atoms with Crippen molar-refractivity contribution in [2.24, 2.45) is 0 Å². The highest BCUT2D eigenvalue weighted by Crippen LogP contribution is 2.32. The van der Waals surface area contributed by atoms with Crippen LogP contribution in [-0.2, 0) is 4.79 Å². The first kappa shape index (κ1) is 16.2.